The van der Waals surface area contributed by atoms with Gasteiger partial charge in [-0.15, -0.1) is 16.7 Å². The summed E-state index contributed by atoms with van der Waals surface area (Å²) in [5.74, 6) is 2.86. The van der Waals surface area contributed by atoms with Crippen LogP contribution in [0.3, 0.4) is 0 Å². The number of aromatic nitrogens is 10. The molecule has 0 aliphatic carbocycles. The van der Waals surface area contributed by atoms with Crippen LogP contribution in [-0.4, -0.2) is 60.8 Å². The predicted octanol–water partition coefficient (Wildman–Crippen LogP) is 7.85. The Morgan fingerprint density at radius 1 is 0.865 bits per heavy atom. The van der Waals surface area contributed by atoms with Gasteiger partial charge in [0.25, 0.3) is 0 Å². The van der Waals surface area contributed by atoms with Crippen molar-refractivity contribution in [1.29, 1.82) is 5.41 Å². The number of nitrogens with zero attached hydrogens (tertiary/aromatic N) is 8. The predicted molar refractivity (Wildman–Crippen MR) is 208 cm³/mol. The van der Waals surface area contributed by atoms with Crippen LogP contribution in [0.15, 0.2) is 146 Å². The van der Waals surface area contributed by atoms with E-state index in [-0.39, 0.29) is 0 Å². The minimum atomic E-state index is -1.00. The Labute approximate surface area is 315 Å². The van der Waals surface area contributed by atoms with E-state index in [0.717, 1.165) is 50.0 Å². The molecule has 0 aliphatic rings. The molecule has 0 fully saturated rings. The average molecular weight is 753 g/mol. The first-order valence-corrected chi connectivity index (χ1v) is 17.7. The third-order valence-corrected chi connectivity index (χ3v) is 8.59. The Hall–Kier alpha value is -5.70. The summed E-state index contributed by atoms with van der Waals surface area (Å²) in [6.07, 6.45) is 12.5. The lowest BCUT2D eigenvalue weighted by atomic mass is 10.2. The topological polar surface area (TPSA) is 134 Å². The maximum Gasteiger partial charge on any atom is 0.209 e. The molecule has 3 N–H and O–H groups in total. The van der Waals surface area contributed by atoms with E-state index < -0.39 is 7.15 Å². The van der Waals surface area contributed by atoms with Gasteiger partial charge >= 0.3 is 0 Å². The highest BCUT2D eigenvalue weighted by Gasteiger charge is 2.07. The number of aromatic amines is 2. The number of halogens is 2. The van der Waals surface area contributed by atoms with Crippen molar-refractivity contribution in [3.05, 3.63) is 158 Å². The molecule has 6 aromatic heterocycles. The second-order valence-electron chi connectivity index (χ2n) is 10.6. The maximum absolute atomic E-state index is 9.96. The lowest BCUT2D eigenvalue weighted by Crippen LogP contribution is -2.24. The Morgan fingerprint density at radius 3 is 2.08 bits per heavy atom. The molecule has 0 radical (unpaired) electrons. The molecule has 6 heterocycles. The number of thiocarbonyl (C=S) groups is 1. The second-order valence-corrected chi connectivity index (χ2v) is 12.3. The van der Waals surface area contributed by atoms with Gasteiger partial charge in [-0.05, 0) is 35.4 Å². The maximum atomic E-state index is 9.96. The van der Waals surface area contributed by atoms with Gasteiger partial charge in [0.2, 0.25) is 5.16 Å². The van der Waals surface area contributed by atoms with E-state index in [1.54, 1.807) is 56.4 Å². The number of thioether (sulfide) groups is 1. The quantitative estimate of drug-likeness (QED) is 0.0818. The van der Waals surface area contributed by atoms with Crippen molar-refractivity contribution >= 4 is 46.2 Å². The Morgan fingerprint density at radius 2 is 1.48 bits per heavy atom. The highest BCUT2D eigenvalue weighted by molar-refractivity contribution is 7.98. The number of H-pyrrole nitrogens is 2. The summed E-state index contributed by atoms with van der Waals surface area (Å²) in [4.78, 5) is 24.1. The minimum Gasteiger partial charge on any atom is -0.341 e. The van der Waals surface area contributed by atoms with Crippen molar-refractivity contribution in [2.24, 2.45) is 0 Å². The molecule has 0 spiro atoms. The molecule has 264 valence electrons. The third-order valence-electron chi connectivity index (χ3n) is 7.15. The van der Waals surface area contributed by atoms with Crippen molar-refractivity contribution in [1.82, 2.24) is 48.7 Å². The SMILES string of the molecule is ClCc1ncc(-c2ccccc2)[nH]1.N=c1ccccn1CC(=S)n1ccnc1.[2H]CF.c1ccc(-c2cnc(CSc3nc4ccccn4n3)[nH]2)cc1. The molecule has 8 rings (SSSR count). The van der Waals surface area contributed by atoms with Crippen LogP contribution in [0.25, 0.3) is 28.2 Å². The first-order valence-electron chi connectivity index (χ1n) is 16.4. The number of imidazole rings is 3. The van der Waals surface area contributed by atoms with Crippen LogP contribution < -0.4 is 5.49 Å². The number of benzene rings is 2. The highest BCUT2D eigenvalue weighted by Crippen LogP contribution is 2.22. The molecule has 0 saturated heterocycles. The van der Waals surface area contributed by atoms with Crippen molar-refractivity contribution in [2.75, 3.05) is 7.15 Å². The van der Waals surface area contributed by atoms with E-state index in [1.165, 1.54) is 0 Å². The third kappa shape index (κ3) is 10.7. The van der Waals surface area contributed by atoms with E-state index in [0.29, 0.717) is 23.7 Å². The summed E-state index contributed by atoms with van der Waals surface area (Å²) in [6.45, 7) is 0.519. The van der Waals surface area contributed by atoms with E-state index >= 15 is 0 Å². The van der Waals surface area contributed by atoms with Gasteiger partial charge in [-0.2, -0.15) is 0 Å². The molecule has 2 aromatic carbocycles. The van der Waals surface area contributed by atoms with Gasteiger partial charge < -0.3 is 14.5 Å². The number of hydrogen-bond donors (Lipinski definition) is 3. The Balaban J connectivity index is 0.000000154. The van der Waals surface area contributed by atoms with Crippen molar-refractivity contribution in [2.45, 2.75) is 23.3 Å². The molecule has 0 unspecified atom stereocenters. The summed E-state index contributed by atoms with van der Waals surface area (Å²) >= 11 is 12.4. The number of nitrogens with one attached hydrogen (secondary N) is 3. The van der Waals surface area contributed by atoms with E-state index in [4.69, 9.17) is 30.6 Å². The van der Waals surface area contributed by atoms with Crippen LogP contribution >= 0.6 is 35.6 Å². The van der Waals surface area contributed by atoms with Gasteiger partial charge in [-0.25, -0.2) is 24.5 Å². The summed E-state index contributed by atoms with van der Waals surface area (Å²) < 4.78 is 20.8. The number of alkyl halides is 2. The molecule has 0 bridgehead atoms. The lowest BCUT2D eigenvalue weighted by molar-refractivity contribution is 0.636. The minimum absolute atomic E-state index is 0.423. The smallest absolute Gasteiger partial charge is 0.209 e. The molecule has 0 saturated carbocycles. The van der Waals surface area contributed by atoms with Crippen LogP contribution in [0, 0.1) is 5.41 Å². The van der Waals surface area contributed by atoms with Crippen molar-refractivity contribution < 1.29 is 5.76 Å². The van der Waals surface area contributed by atoms with Crippen LogP contribution in [0.1, 0.15) is 13.0 Å². The monoisotopic (exact) mass is 752 g/mol. The first kappa shape index (κ1) is 36.1. The average Bonchev–Trinajstić information content (AvgIpc) is 4.04. The van der Waals surface area contributed by atoms with Crippen LogP contribution in [0.5, 0.6) is 0 Å². The summed E-state index contributed by atoms with van der Waals surface area (Å²) in [6, 6.07) is 31.5. The normalized spacial score (nSPS) is 10.5. The van der Waals surface area contributed by atoms with E-state index in [2.05, 4.69) is 47.1 Å². The van der Waals surface area contributed by atoms with Gasteiger partial charge in [0, 0.05) is 24.8 Å². The van der Waals surface area contributed by atoms with Gasteiger partial charge in [0.1, 0.15) is 22.1 Å². The number of pyridine rings is 2. The Bertz CT molecular complexity index is 2290. The van der Waals surface area contributed by atoms with Gasteiger partial charge in [0.05, 0.1) is 56.8 Å². The fourth-order valence-electron chi connectivity index (χ4n) is 4.65. The van der Waals surface area contributed by atoms with E-state index in [9.17, 15) is 4.39 Å². The number of hydrogen-bond acceptors (Lipinski definition) is 8. The Kier molecular flexibility index (Phi) is 13.6. The summed E-state index contributed by atoms with van der Waals surface area (Å²) in [5, 5.41) is 12.8. The molecule has 11 nitrogen and oxygen atoms in total. The summed E-state index contributed by atoms with van der Waals surface area (Å²) in [7, 11) is -1.00. The molecule has 52 heavy (non-hydrogen) atoms. The number of fused-ring (bicyclic) bond motifs is 1. The molecular formula is C37H35ClFN11S2. The van der Waals surface area contributed by atoms with Gasteiger partial charge in [0.15, 0.2) is 5.65 Å². The highest BCUT2D eigenvalue weighted by atomic mass is 35.5. The molecule has 0 atom stereocenters. The number of rotatable bonds is 8. The standard InChI is InChI=1S/C16H13N5S.C10H9ClN2.C10H10N4S.CH3F/c1-2-6-12(7-3-1)13-10-17-14(18-13)11-22-16-19-15-8-4-5-9-21(15)20-16;11-6-10-12-7-9(13-10)8-4-2-1-3-5-8;11-9-3-1-2-5-13(9)7-10(15)14-6-4-12-8-14;1-2/h1-10H,11H2,(H,17,18);1-5,7H,6H2,(H,12,13);1-6,8,11H,7H2;1H3/i;;;1D. The van der Waals surface area contributed by atoms with Crippen molar-refractivity contribution in [3.63, 3.8) is 0 Å². The molecule has 0 aliphatic heterocycles. The largest absolute Gasteiger partial charge is 0.341 e. The van der Waals surface area contributed by atoms with Gasteiger partial charge in [-0.3, -0.25) is 14.4 Å². The lowest BCUT2D eigenvalue weighted by Gasteiger charge is -2.07. The van der Waals surface area contributed by atoms with Gasteiger partial charge in [-0.1, -0.05) is 96.8 Å². The van der Waals surface area contributed by atoms with E-state index in [1.807, 2.05) is 97.5 Å². The molecule has 8 aromatic rings. The van der Waals surface area contributed by atoms with Crippen LogP contribution in [-0.2, 0) is 18.2 Å². The zero-order valence-electron chi connectivity index (χ0n) is 28.8. The zero-order chi connectivity index (χ0) is 37.3. The first-order chi connectivity index (χ1) is 26.0. The van der Waals surface area contributed by atoms with Crippen LogP contribution in [0.4, 0.5) is 4.39 Å². The second kappa shape index (κ2) is 19.6. The molecule has 15 heteroatoms. The van der Waals surface area contributed by atoms with Crippen molar-refractivity contribution in [3.8, 4) is 22.5 Å². The van der Waals surface area contributed by atoms with Crippen LogP contribution in [0.2, 0.25) is 0 Å². The molecular weight excluding hydrogens is 717 g/mol. The molecule has 0 amide bonds. The zero-order valence-corrected chi connectivity index (χ0v) is 30.1. The fourth-order valence-corrected chi connectivity index (χ4v) is 5.75. The fraction of sp³-hybridized carbons (Fsp3) is 0.108. The summed E-state index contributed by atoms with van der Waals surface area (Å²) in [5.41, 5.74) is 5.60.